The lowest BCUT2D eigenvalue weighted by atomic mass is 10.1. The van der Waals surface area contributed by atoms with E-state index in [-0.39, 0.29) is 17.3 Å². The second-order valence-electron chi connectivity index (χ2n) is 3.87. The lowest BCUT2D eigenvalue weighted by molar-refractivity contribution is -0.0653. The molecule has 1 aliphatic heterocycles. The molecule has 0 saturated heterocycles. The second kappa shape index (κ2) is 4.95. The molecule has 2 rings (SSSR count). The largest absolute Gasteiger partial charge is 0.504 e. The van der Waals surface area contributed by atoms with Crippen molar-refractivity contribution in [2.45, 2.75) is 6.29 Å². The summed E-state index contributed by atoms with van der Waals surface area (Å²) in [7, 11) is 0. The van der Waals surface area contributed by atoms with Crippen molar-refractivity contribution in [3.63, 3.8) is 0 Å². The fourth-order valence-corrected chi connectivity index (χ4v) is 1.46. The molecule has 6 nitrogen and oxygen atoms in total. The van der Waals surface area contributed by atoms with Crippen LogP contribution in [0.15, 0.2) is 47.6 Å². The number of ether oxygens (including phenoxy) is 1. The second-order valence-corrected chi connectivity index (χ2v) is 3.87. The molecule has 0 fully saturated rings. The number of aliphatic hydroxyl groups excluding tert-OH is 3. The summed E-state index contributed by atoms with van der Waals surface area (Å²) >= 11 is 0. The highest BCUT2D eigenvalue weighted by molar-refractivity contribution is 5.57. The lowest BCUT2D eigenvalue weighted by Crippen LogP contribution is -2.19. The molecule has 0 radical (unpaired) electrons. The van der Waals surface area contributed by atoms with Crippen molar-refractivity contribution in [3.8, 4) is 11.5 Å². The van der Waals surface area contributed by atoms with Crippen LogP contribution in [0.3, 0.4) is 0 Å². The number of hydrogen-bond donors (Lipinski definition) is 5. The average molecular weight is 264 g/mol. The fraction of sp³-hybridized carbons (Fsp3) is 0.0769. The molecule has 0 aliphatic carbocycles. The molecule has 0 aromatic heterocycles. The molecule has 19 heavy (non-hydrogen) atoms. The van der Waals surface area contributed by atoms with Gasteiger partial charge in [-0.05, 0) is 23.8 Å². The topological polar surface area (TPSA) is 110 Å². The predicted molar refractivity (Wildman–Crippen MR) is 66.3 cm³/mol. The summed E-state index contributed by atoms with van der Waals surface area (Å²) in [6.45, 7) is 0. The highest BCUT2D eigenvalue weighted by atomic mass is 16.6. The first-order chi connectivity index (χ1) is 8.97. The molecular weight excluding hydrogens is 252 g/mol. The summed E-state index contributed by atoms with van der Waals surface area (Å²) in [6, 6.07) is 4.21. The Morgan fingerprint density at radius 1 is 1.00 bits per heavy atom. The number of aliphatic hydroxyl groups is 3. The molecule has 0 bridgehead atoms. The van der Waals surface area contributed by atoms with E-state index >= 15 is 0 Å². The third kappa shape index (κ3) is 2.80. The van der Waals surface area contributed by atoms with Gasteiger partial charge in [0.1, 0.15) is 5.76 Å². The highest BCUT2D eigenvalue weighted by Gasteiger charge is 2.21. The van der Waals surface area contributed by atoms with Crippen molar-refractivity contribution in [3.05, 3.63) is 53.2 Å². The summed E-state index contributed by atoms with van der Waals surface area (Å²) in [6.07, 6.45) is 2.49. The van der Waals surface area contributed by atoms with E-state index in [1.807, 2.05) is 0 Å². The first-order valence-corrected chi connectivity index (χ1v) is 5.36. The third-order valence-corrected chi connectivity index (χ3v) is 2.46. The van der Waals surface area contributed by atoms with Crippen molar-refractivity contribution < 1.29 is 30.3 Å². The van der Waals surface area contributed by atoms with Crippen molar-refractivity contribution in [2.24, 2.45) is 0 Å². The SMILES string of the molecule is OC1=C(O)C(O)OC(/C=C/c2ccc(O)c(O)c2)=C1. The van der Waals surface area contributed by atoms with Gasteiger partial charge in [-0.2, -0.15) is 0 Å². The summed E-state index contributed by atoms with van der Waals surface area (Å²) in [5.74, 6) is -1.49. The van der Waals surface area contributed by atoms with Crippen LogP contribution in [0.5, 0.6) is 11.5 Å². The maximum atomic E-state index is 9.31. The average Bonchev–Trinajstić information content (AvgIpc) is 2.37. The van der Waals surface area contributed by atoms with Gasteiger partial charge in [0, 0.05) is 6.08 Å². The molecule has 1 aromatic rings. The standard InChI is InChI=1S/C13H12O6/c14-9-4-2-7(5-10(9)15)1-3-8-6-11(16)12(17)13(18)19-8/h1-6,13-18H/b3-1+. The number of aromatic hydroxyl groups is 2. The Labute approximate surface area is 108 Å². The van der Waals surface area contributed by atoms with Gasteiger partial charge in [0.2, 0.25) is 5.76 Å². The van der Waals surface area contributed by atoms with Crippen LogP contribution < -0.4 is 0 Å². The summed E-state index contributed by atoms with van der Waals surface area (Å²) in [5.41, 5.74) is 0.576. The number of phenolic OH excluding ortho intramolecular Hbond substituents is 2. The molecule has 5 N–H and O–H groups in total. The zero-order valence-corrected chi connectivity index (χ0v) is 9.69. The van der Waals surface area contributed by atoms with Crippen LogP contribution in [-0.4, -0.2) is 31.8 Å². The number of rotatable bonds is 2. The van der Waals surface area contributed by atoms with Gasteiger partial charge in [-0.1, -0.05) is 12.1 Å². The molecule has 1 aliphatic rings. The van der Waals surface area contributed by atoms with Gasteiger partial charge >= 0.3 is 0 Å². The van der Waals surface area contributed by atoms with Gasteiger partial charge in [-0.25, -0.2) is 0 Å². The zero-order chi connectivity index (χ0) is 14.0. The summed E-state index contributed by atoms with van der Waals surface area (Å²) in [4.78, 5) is 0. The Balaban J connectivity index is 2.19. The quantitative estimate of drug-likeness (QED) is 0.520. The Bertz CT molecular complexity index is 585. The van der Waals surface area contributed by atoms with E-state index in [2.05, 4.69) is 0 Å². The molecule has 1 aromatic carbocycles. The monoisotopic (exact) mass is 264 g/mol. The first kappa shape index (κ1) is 12.8. The fourth-order valence-electron chi connectivity index (χ4n) is 1.46. The minimum atomic E-state index is -1.61. The molecule has 6 heteroatoms. The van der Waals surface area contributed by atoms with E-state index in [9.17, 15) is 15.3 Å². The van der Waals surface area contributed by atoms with Crippen LogP contribution >= 0.6 is 0 Å². The number of allylic oxidation sites excluding steroid dienone is 2. The number of benzene rings is 1. The van der Waals surface area contributed by atoms with Crippen LogP contribution in [0.2, 0.25) is 0 Å². The van der Waals surface area contributed by atoms with Crippen molar-refractivity contribution in [1.82, 2.24) is 0 Å². The molecule has 1 atom stereocenters. The summed E-state index contributed by atoms with van der Waals surface area (Å²) < 4.78 is 4.89. The van der Waals surface area contributed by atoms with E-state index in [0.717, 1.165) is 6.08 Å². The van der Waals surface area contributed by atoms with Gasteiger partial charge < -0.3 is 30.3 Å². The maximum absolute atomic E-state index is 9.31. The van der Waals surface area contributed by atoms with E-state index in [1.165, 1.54) is 24.3 Å². The lowest BCUT2D eigenvalue weighted by Gasteiger charge is -2.18. The van der Waals surface area contributed by atoms with Gasteiger partial charge in [-0.3, -0.25) is 0 Å². The van der Waals surface area contributed by atoms with E-state index in [1.54, 1.807) is 6.07 Å². The van der Waals surface area contributed by atoms with E-state index < -0.39 is 17.8 Å². The zero-order valence-electron chi connectivity index (χ0n) is 9.69. The Morgan fingerprint density at radius 2 is 1.74 bits per heavy atom. The minimum Gasteiger partial charge on any atom is -0.504 e. The number of hydrogen-bond acceptors (Lipinski definition) is 6. The Morgan fingerprint density at radius 3 is 2.37 bits per heavy atom. The van der Waals surface area contributed by atoms with Crippen molar-refractivity contribution in [2.75, 3.05) is 0 Å². The van der Waals surface area contributed by atoms with Gasteiger partial charge in [0.25, 0.3) is 6.29 Å². The first-order valence-electron chi connectivity index (χ1n) is 5.36. The van der Waals surface area contributed by atoms with Crippen molar-refractivity contribution in [1.29, 1.82) is 0 Å². The molecule has 0 amide bonds. The minimum absolute atomic E-state index is 0.135. The Hall–Kier alpha value is -2.60. The molecular formula is C13H12O6. The van der Waals surface area contributed by atoms with Gasteiger partial charge in [0.15, 0.2) is 17.3 Å². The predicted octanol–water partition coefficient (Wildman–Crippen LogP) is 1.67. The van der Waals surface area contributed by atoms with Gasteiger partial charge in [0.05, 0.1) is 0 Å². The number of phenols is 2. The van der Waals surface area contributed by atoms with Crippen molar-refractivity contribution >= 4 is 6.08 Å². The summed E-state index contributed by atoms with van der Waals surface area (Å²) in [5, 5.41) is 46.2. The van der Waals surface area contributed by atoms with Crippen LogP contribution in [0.25, 0.3) is 6.08 Å². The maximum Gasteiger partial charge on any atom is 0.259 e. The normalized spacial score (nSPS) is 19.4. The third-order valence-electron chi connectivity index (χ3n) is 2.46. The van der Waals surface area contributed by atoms with Crippen LogP contribution in [0.1, 0.15) is 5.56 Å². The molecule has 0 spiro atoms. The Kier molecular flexibility index (Phi) is 3.35. The van der Waals surface area contributed by atoms with Crippen LogP contribution in [0, 0.1) is 0 Å². The highest BCUT2D eigenvalue weighted by Crippen LogP contribution is 2.26. The van der Waals surface area contributed by atoms with E-state index in [0.29, 0.717) is 5.56 Å². The van der Waals surface area contributed by atoms with Crippen LogP contribution in [0.4, 0.5) is 0 Å². The molecule has 1 unspecified atom stereocenters. The van der Waals surface area contributed by atoms with Gasteiger partial charge in [-0.15, -0.1) is 0 Å². The van der Waals surface area contributed by atoms with E-state index in [4.69, 9.17) is 14.9 Å². The van der Waals surface area contributed by atoms with Crippen LogP contribution in [-0.2, 0) is 4.74 Å². The molecule has 1 heterocycles. The smallest absolute Gasteiger partial charge is 0.259 e. The molecule has 0 saturated carbocycles. The molecule has 100 valence electrons.